The Kier molecular flexibility index (Phi) is 6.92. The van der Waals surface area contributed by atoms with Crippen LogP contribution in [0.15, 0.2) is 23.2 Å². The van der Waals surface area contributed by atoms with Crippen LogP contribution < -0.4 is 5.32 Å². The Bertz CT molecular complexity index is 562. The standard InChI is InChI=1S/C19H29N3O.HI/c1-15-10-16(2)12-17(11-15)4-7-21-18(20-3)22-8-5-19(13-22)6-9-23-14-19;/h10-12H,4-9,13-14H2,1-3H3,(H,20,21);1H. The van der Waals surface area contributed by atoms with E-state index in [-0.39, 0.29) is 24.0 Å². The average Bonchev–Trinajstić information content (AvgIpc) is 3.13. The van der Waals surface area contributed by atoms with Crippen LogP contribution in [0.3, 0.4) is 0 Å². The first-order chi connectivity index (χ1) is 11.1. The average molecular weight is 443 g/mol. The minimum atomic E-state index is 0. The number of guanidine groups is 1. The molecule has 4 nitrogen and oxygen atoms in total. The van der Waals surface area contributed by atoms with Crippen LogP contribution in [0.25, 0.3) is 0 Å². The summed E-state index contributed by atoms with van der Waals surface area (Å²) in [6, 6.07) is 6.78. The summed E-state index contributed by atoms with van der Waals surface area (Å²) in [6.07, 6.45) is 3.46. The van der Waals surface area contributed by atoms with Gasteiger partial charge in [0.1, 0.15) is 0 Å². The zero-order valence-corrected chi connectivity index (χ0v) is 17.4. The topological polar surface area (TPSA) is 36.9 Å². The number of nitrogens with one attached hydrogen (secondary N) is 1. The first-order valence-electron chi connectivity index (χ1n) is 8.71. The fourth-order valence-corrected chi connectivity index (χ4v) is 3.95. The highest BCUT2D eigenvalue weighted by Crippen LogP contribution is 2.38. The van der Waals surface area contributed by atoms with Crippen molar-refractivity contribution in [1.29, 1.82) is 0 Å². The first kappa shape index (κ1) is 19.5. The molecule has 0 bridgehead atoms. The number of hydrogen-bond donors (Lipinski definition) is 1. The van der Waals surface area contributed by atoms with E-state index in [9.17, 15) is 0 Å². The monoisotopic (exact) mass is 443 g/mol. The van der Waals surface area contributed by atoms with E-state index in [1.807, 2.05) is 7.05 Å². The molecule has 1 atom stereocenters. The van der Waals surface area contributed by atoms with Crippen LogP contribution in [0.2, 0.25) is 0 Å². The molecule has 134 valence electrons. The molecule has 0 radical (unpaired) electrons. The van der Waals surface area contributed by atoms with E-state index in [0.717, 1.165) is 45.2 Å². The molecule has 1 aromatic carbocycles. The number of likely N-dealkylation sites (tertiary alicyclic amines) is 1. The van der Waals surface area contributed by atoms with Crippen LogP contribution in [0, 0.1) is 19.3 Å². The minimum Gasteiger partial charge on any atom is -0.381 e. The second-order valence-corrected chi connectivity index (χ2v) is 7.19. The number of aliphatic imine (C=N–C) groups is 1. The van der Waals surface area contributed by atoms with Crippen molar-refractivity contribution in [2.75, 3.05) is 39.9 Å². The number of benzene rings is 1. The van der Waals surface area contributed by atoms with Gasteiger partial charge in [-0.25, -0.2) is 0 Å². The van der Waals surface area contributed by atoms with Crippen molar-refractivity contribution in [2.24, 2.45) is 10.4 Å². The Morgan fingerprint density at radius 1 is 1.25 bits per heavy atom. The number of ether oxygens (including phenoxy) is 1. The van der Waals surface area contributed by atoms with E-state index >= 15 is 0 Å². The van der Waals surface area contributed by atoms with Gasteiger partial charge >= 0.3 is 0 Å². The third-order valence-electron chi connectivity index (χ3n) is 5.11. The van der Waals surface area contributed by atoms with Gasteiger partial charge in [-0.05, 0) is 38.7 Å². The normalized spacial score (nSPS) is 23.6. The van der Waals surface area contributed by atoms with Crippen LogP contribution in [-0.2, 0) is 11.2 Å². The maximum Gasteiger partial charge on any atom is 0.193 e. The molecule has 0 aliphatic carbocycles. The van der Waals surface area contributed by atoms with Crippen molar-refractivity contribution in [3.05, 3.63) is 34.9 Å². The third kappa shape index (κ3) is 4.63. The summed E-state index contributed by atoms with van der Waals surface area (Å²) < 4.78 is 5.62. The summed E-state index contributed by atoms with van der Waals surface area (Å²) in [5, 5.41) is 3.54. The van der Waals surface area contributed by atoms with Crippen molar-refractivity contribution < 1.29 is 4.74 Å². The molecular formula is C19H30IN3O. The van der Waals surface area contributed by atoms with E-state index in [0.29, 0.717) is 5.41 Å². The Hall–Kier alpha value is -0.820. The SMILES string of the molecule is CN=C(NCCc1cc(C)cc(C)c1)N1CCC2(CCOC2)C1.I. The largest absolute Gasteiger partial charge is 0.381 e. The molecule has 0 aromatic heterocycles. The molecule has 1 aromatic rings. The lowest BCUT2D eigenvalue weighted by atomic mass is 9.87. The van der Waals surface area contributed by atoms with Gasteiger partial charge in [-0.1, -0.05) is 29.3 Å². The van der Waals surface area contributed by atoms with Gasteiger partial charge in [0.15, 0.2) is 5.96 Å². The minimum absolute atomic E-state index is 0. The summed E-state index contributed by atoms with van der Waals surface area (Å²) in [5.74, 6) is 1.04. The Morgan fingerprint density at radius 2 is 2.00 bits per heavy atom. The van der Waals surface area contributed by atoms with E-state index in [1.165, 1.54) is 29.5 Å². The van der Waals surface area contributed by atoms with Gasteiger partial charge in [-0.3, -0.25) is 4.99 Å². The van der Waals surface area contributed by atoms with Crippen LogP contribution >= 0.6 is 24.0 Å². The van der Waals surface area contributed by atoms with Gasteiger partial charge in [0.05, 0.1) is 6.61 Å². The molecule has 0 saturated carbocycles. The number of hydrogen-bond acceptors (Lipinski definition) is 2. The van der Waals surface area contributed by atoms with Gasteiger partial charge in [0, 0.05) is 38.7 Å². The van der Waals surface area contributed by atoms with Crippen LogP contribution in [-0.4, -0.2) is 50.8 Å². The van der Waals surface area contributed by atoms with Crippen molar-refractivity contribution >= 4 is 29.9 Å². The molecule has 24 heavy (non-hydrogen) atoms. The molecule has 1 N–H and O–H groups in total. The van der Waals surface area contributed by atoms with Gasteiger partial charge in [0.25, 0.3) is 0 Å². The zero-order valence-electron chi connectivity index (χ0n) is 15.1. The molecule has 2 aliphatic heterocycles. The highest BCUT2D eigenvalue weighted by molar-refractivity contribution is 14.0. The number of rotatable bonds is 3. The van der Waals surface area contributed by atoms with Gasteiger partial charge < -0.3 is 15.0 Å². The van der Waals surface area contributed by atoms with E-state index in [2.05, 4.69) is 47.3 Å². The van der Waals surface area contributed by atoms with Crippen LogP contribution in [0.5, 0.6) is 0 Å². The van der Waals surface area contributed by atoms with Gasteiger partial charge in [0.2, 0.25) is 0 Å². The lowest BCUT2D eigenvalue weighted by Crippen LogP contribution is -2.42. The fourth-order valence-electron chi connectivity index (χ4n) is 3.95. The fraction of sp³-hybridized carbons (Fsp3) is 0.632. The lowest BCUT2D eigenvalue weighted by Gasteiger charge is -2.25. The molecule has 2 fully saturated rings. The molecule has 2 aliphatic rings. The van der Waals surface area contributed by atoms with Gasteiger partial charge in [-0.2, -0.15) is 0 Å². The van der Waals surface area contributed by atoms with E-state index in [1.54, 1.807) is 0 Å². The molecule has 5 heteroatoms. The molecule has 1 spiro atoms. The second-order valence-electron chi connectivity index (χ2n) is 7.19. The number of nitrogens with zero attached hydrogens (tertiary/aromatic N) is 2. The van der Waals surface area contributed by atoms with Gasteiger partial charge in [-0.15, -0.1) is 24.0 Å². The second kappa shape index (κ2) is 8.52. The molecule has 2 saturated heterocycles. The highest BCUT2D eigenvalue weighted by atomic mass is 127. The van der Waals surface area contributed by atoms with E-state index < -0.39 is 0 Å². The molecular weight excluding hydrogens is 413 g/mol. The maximum atomic E-state index is 5.62. The summed E-state index contributed by atoms with van der Waals surface area (Å²) >= 11 is 0. The van der Waals surface area contributed by atoms with E-state index in [4.69, 9.17) is 4.74 Å². The quantitative estimate of drug-likeness (QED) is 0.443. The Labute approximate surface area is 163 Å². The predicted molar refractivity (Wildman–Crippen MR) is 110 cm³/mol. The highest BCUT2D eigenvalue weighted by Gasteiger charge is 2.42. The summed E-state index contributed by atoms with van der Waals surface area (Å²) in [5.41, 5.74) is 4.46. The summed E-state index contributed by atoms with van der Waals surface area (Å²) in [6.45, 7) is 9.26. The van der Waals surface area contributed by atoms with Crippen molar-refractivity contribution in [2.45, 2.75) is 33.1 Å². The number of aryl methyl sites for hydroxylation is 2. The molecule has 3 rings (SSSR count). The van der Waals surface area contributed by atoms with Crippen molar-refractivity contribution in [1.82, 2.24) is 10.2 Å². The zero-order chi connectivity index (χ0) is 16.3. The summed E-state index contributed by atoms with van der Waals surface area (Å²) in [7, 11) is 1.88. The first-order valence-corrected chi connectivity index (χ1v) is 8.71. The molecule has 1 unspecified atom stereocenters. The van der Waals surface area contributed by atoms with Crippen molar-refractivity contribution in [3.63, 3.8) is 0 Å². The smallest absolute Gasteiger partial charge is 0.193 e. The Morgan fingerprint density at radius 3 is 2.62 bits per heavy atom. The maximum absolute atomic E-state index is 5.62. The predicted octanol–water partition coefficient (Wildman–Crippen LogP) is 3.15. The lowest BCUT2D eigenvalue weighted by molar-refractivity contribution is 0.156. The molecule has 0 amide bonds. The summed E-state index contributed by atoms with van der Waals surface area (Å²) in [4.78, 5) is 6.88. The molecule has 2 heterocycles. The Balaban J connectivity index is 0.00000208. The number of halogens is 1. The van der Waals surface area contributed by atoms with Crippen LogP contribution in [0.1, 0.15) is 29.5 Å². The van der Waals surface area contributed by atoms with Crippen molar-refractivity contribution in [3.8, 4) is 0 Å². The van der Waals surface area contributed by atoms with Crippen LogP contribution in [0.4, 0.5) is 0 Å². The third-order valence-corrected chi connectivity index (χ3v) is 5.11.